The van der Waals surface area contributed by atoms with Crippen molar-refractivity contribution in [2.75, 3.05) is 6.61 Å². The van der Waals surface area contributed by atoms with Gasteiger partial charge in [-0.15, -0.1) is 0 Å². The zero-order chi connectivity index (χ0) is 15.2. The highest BCUT2D eigenvalue weighted by Gasteiger charge is 2.04. The van der Waals surface area contributed by atoms with Crippen molar-refractivity contribution in [3.8, 4) is 5.75 Å². The van der Waals surface area contributed by atoms with E-state index in [-0.39, 0.29) is 6.61 Å². The third kappa shape index (κ3) is 4.60. The first-order valence-electron chi connectivity index (χ1n) is 6.09. The molecule has 0 N–H and O–H groups in total. The molecule has 0 unspecified atom stereocenters. The standard InChI is InChI=1S/C16H11BrCl2O2/c17-13-3-1-2-11(8-13)15(19)6-7-21-16-5-4-14(18)9-12(16)10-20/h1-6,8-10H,7H2/b15-6-. The van der Waals surface area contributed by atoms with E-state index in [4.69, 9.17) is 27.9 Å². The third-order valence-electron chi connectivity index (χ3n) is 2.70. The predicted octanol–water partition coefficient (Wildman–Crippen LogP) is 5.57. The average Bonchev–Trinajstić information content (AvgIpc) is 2.48. The molecule has 2 aromatic rings. The van der Waals surface area contributed by atoms with Crippen LogP contribution in [0.15, 0.2) is 53.0 Å². The van der Waals surface area contributed by atoms with Crippen LogP contribution in [-0.2, 0) is 0 Å². The Morgan fingerprint density at radius 3 is 2.76 bits per heavy atom. The Kier molecular flexibility index (Phi) is 5.85. The molecule has 5 heteroatoms. The number of halogens is 3. The van der Waals surface area contributed by atoms with E-state index in [9.17, 15) is 4.79 Å². The van der Waals surface area contributed by atoms with Gasteiger partial charge in [-0.05, 0) is 42.0 Å². The minimum absolute atomic E-state index is 0.258. The van der Waals surface area contributed by atoms with Gasteiger partial charge in [0.2, 0.25) is 0 Å². The van der Waals surface area contributed by atoms with Crippen molar-refractivity contribution in [3.05, 3.63) is 69.2 Å². The van der Waals surface area contributed by atoms with Gasteiger partial charge in [0.1, 0.15) is 12.4 Å². The van der Waals surface area contributed by atoms with E-state index in [1.165, 1.54) is 0 Å². The average molecular weight is 386 g/mol. The summed E-state index contributed by atoms with van der Waals surface area (Å²) in [5.74, 6) is 0.476. The fraction of sp³-hybridized carbons (Fsp3) is 0.0625. The van der Waals surface area contributed by atoms with E-state index in [1.54, 1.807) is 24.3 Å². The third-order valence-corrected chi connectivity index (χ3v) is 3.80. The molecule has 0 atom stereocenters. The first-order valence-corrected chi connectivity index (χ1v) is 7.64. The second-order valence-electron chi connectivity index (χ2n) is 4.17. The van der Waals surface area contributed by atoms with Crippen molar-refractivity contribution < 1.29 is 9.53 Å². The second kappa shape index (κ2) is 7.64. The number of aldehydes is 1. The van der Waals surface area contributed by atoms with Crippen molar-refractivity contribution in [2.24, 2.45) is 0 Å². The lowest BCUT2D eigenvalue weighted by Crippen LogP contribution is -1.97. The molecule has 0 radical (unpaired) electrons. The Balaban J connectivity index is 2.07. The van der Waals surface area contributed by atoms with Crippen LogP contribution >= 0.6 is 39.1 Å². The number of carbonyl (C=O) groups excluding carboxylic acids is 1. The molecular weight excluding hydrogens is 375 g/mol. The highest BCUT2D eigenvalue weighted by molar-refractivity contribution is 9.10. The largest absolute Gasteiger partial charge is 0.489 e. The van der Waals surface area contributed by atoms with Crippen LogP contribution in [0.1, 0.15) is 15.9 Å². The molecule has 0 aromatic heterocycles. The molecule has 0 saturated heterocycles. The van der Waals surface area contributed by atoms with E-state index >= 15 is 0 Å². The van der Waals surface area contributed by atoms with Crippen molar-refractivity contribution in [2.45, 2.75) is 0 Å². The summed E-state index contributed by atoms with van der Waals surface area (Å²) in [5.41, 5.74) is 1.30. The Hall–Kier alpha value is -1.29. The zero-order valence-electron chi connectivity index (χ0n) is 10.9. The summed E-state index contributed by atoms with van der Waals surface area (Å²) in [6.07, 6.45) is 2.45. The van der Waals surface area contributed by atoms with E-state index in [0.29, 0.717) is 27.7 Å². The summed E-state index contributed by atoms with van der Waals surface area (Å²) in [6, 6.07) is 12.5. The van der Waals surface area contributed by atoms with Gasteiger partial charge in [0.05, 0.1) is 5.56 Å². The number of carbonyl (C=O) groups is 1. The first-order chi connectivity index (χ1) is 10.1. The minimum Gasteiger partial charge on any atom is -0.489 e. The molecule has 2 nitrogen and oxygen atoms in total. The van der Waals surface area contributed by atoms with Gasteiger partial charge in [-0.25, -0.2) is 0 Å². The number of hydrogen-bond donors (Lipinski definition) is 0. The van der Waals surface area contributed by atoms with Gasteiger partial charge in [0.15, 0.2) is 6.29 Å². The van der Waals surface area contributed by atoms with Gasteiger partial charge in [-0.2, -0.15) is 0 Å². The molecule has 0 heterocycles. The van der Waals surface area contributed by atoms with Crippen LogP contribution in [0.5, 0.6) is 5.75 Å². The Morgan fingerprint density at radius 1 is 1.24 bits per heavy atom. The van der Waals surface area contributed by atoms with Crippen molar-refractivity contribution >= 4 is 50.5 Å². The molecule has 0 fully saturated rings. The van der Waals surface area contributed by atoms with E-state index in [1.807, 2.05) is 24.3 Å². The van der Waals surface area contributed by atoms with Crippen molar-refractivity contribution in [1.82, 2.24) is 0 Å². The number of rotatable bonds is 5. The molecule has 0 aliphatic rings. The topological polar surface area (TPSA) is 26.3 Å². The maximum absolute atomic E-state index is 11.0. The maximum Gasteiger partial charge on any atom is 0.153 e. The van der Waals surface area contributed by atoms with Gasteiger partial charge in [0, 0.05) is 14.5 Å². The molecule has 0 aliphatic carbocycles. The van der Waals surface area contributed by atoms with Crippen LogP contribution in [0.4, 0.5) is 0 Å². The Morgan fingerprint density at radius 2 is 2.05 bits per heavy atom. The normalized spacial score (nSPS) is 11.3. The molecule has 2 aromatic carbocycles. The van der Waals surface area contributed by atoms with Gasteiger partial charge in [0.25, 0.3) is 0 Å². The van der Waals surface area contributed by atoms with Gasteiger partial charge < -0.3 is 4.74 Å². The highest BCUT2D eigenvalue weighted by Crippen LogP contribution is 2.24. The van der Waals surface area contributed by atoms with Gasteiger partial charge in [-0.3, -0.25) is 4.79 Å². The van der Waals surface area contributed by atoms with Crippen LogP contribution in [0, 0.1) is 0 Å². The molecule has 0 amide bonds. The lowest BCUT2D eigenvalue weighted by Gasteiger charge is -2.07. The number of benzene rings is 2. The zero-order valence-corrected chi connectivity index (χ0v) is 14.0. The molecule has 0 aliphatic heterocycles. The summed E-state index contributed by atoms with van der Waals surface area (Å²) in [5, 5.41) is 1.07. The SMILES string of the molecule is O=Cc1cc(Cl)ccc1OC/C=C(\Cl)c1cccc(Br)c1. The summed E-state index contributed by atoms with van der Waals surface area (Å²) in [4.78, 5) is 11.0. The minimum atomic E-state index is 0.258. The first kappa shape index (κ1) is 16.1. The molecular formula is C16H11BrCl2O2. The molecule has 21 heavy (non-hydrogen) atoms. The van der Waals surface area contributed by atoms with E-state index in [2.05, 4.69) is 15.9 Å². The number of hydrogen-bond acceptors (Lipinski definition) is 2. The molecule has 0 spiro atoms. The summed E-state index contributed by atoms with van der Waals surface area (Å²) >= 11 is 15.4. The summed E-state index contributed by atoms with van der Waals surface area (Å²) in [6.45, 7) is 0.258. The lowest BCUT2D eigenvalue weighted by molar-refractivity contribution is 0.112. The molecule has 2 rings (SSSR count). The summed E-state index contributed by atoms with van der Waals surface area (Å²) in [7, 11) is 0. The molecule has 0 saturated carbocycles. The smallest absolute Gasteiger partial charge is 0.153 e. The van der Waals surface area contributed by atoms with Crippen LogP contribution in [-0.4, -0.2) is 12.9 Å². The van der Waals surface area contributed by atoms with Crippen LogP contribution in [0.3, 0.4) is 0 Å². The molecule has 0 bridgehead atoms. The lowest BCUT2D eigenvalue weighted by atomic mass is 10.2. The van der Waals surface area contributed by atoms with E-state index in [0.717, 1.165) is 10.0 Å². The fourth-order valence-electron chi connectivity index (χ4n) is 1.70. The van der Waals surface area contributed by atoms with E-state index < -0.39 is 0 Å². The monoisotopic (exact) mass is 384 g/mol. The van der Waals surface area contributed by atoms with Crippen LogP contribution < -0.4 is 4.74 Å². The van der Waals surface area contributed by atoms with Crippen molar-refractivity contribution in [3.63, 3.8) is 0 Å². The van der Waals surface area contributed by atoms with Gasteiger partial charge >= 0.3 is 0 Å². The Labute approximate surface area is 141 Å². The summed E-state index contributed by atoms with van der Waals surface area (Å²) < 4.78 is 6.50. The maximum atomic E-state index is 11.0. The predicted molar refractivity (Wildman–Crippen MR) is 90.3 cm³/mol. The quantitative estimate of drug-likeness (QED) is 0.628. The Bertz CT molecular complexity index is 684. The highest BCUT2D eigenvalue weighted by atomic mass is 79.9. The van der Waals surface area contributed by atoms with Crippen molar-refractivity contribution in [1.29, 1.82) is 0 Å². The molecule has 108 valence electrons. The van der Waals surface area contributed by atoms with Crippen LogP contribution in [0.25, 0.3) is 5.03 Å². The van der Waals surface area contributed by atoms with Crippen LogP contribution in [0.2, 0.25) is 5.02 Å². The van der Waals surface area contributed by atoms with Gasteiger partial charge in [-0.1, -0.05) is 51.3 Å². The number of ether oxygens (including phenoxy) is 1. The fourth-order valence-corrected chi connectivity index (χ4v) is 2.46. The second-order valence-corrected chi connectivity index (χ2v) is 5.93.